The highest BCUT2D eigenvalue weighted by Gasteiger charge is 2.18. The van der Waals surface area contributed by atoms with Crippen LogP contribution < -0.4 is 5.32 Å². The smallest absolute Gasteiger partial charge is 0.340 e. The Morgan fingerprint density at radius 3 is 2.77 bits per heavy atom. The second-order valence-corrected chi connectivity index (χ2v) is 6.18. The largest absolute Gasteiger partial charge is 0.465 e. The van der Waals surface area contributed by atoms with Crippen molar-refractivity contribution in [3.05, 3.63) is 51.1 Å². The lowest BCUT2D eigenvalue weighted by Gasteiger charge is -2.07. The molecule has 0 unspecified atom stereocenters. The second kappa shape index (κ2) is 6.89. The number of aryl methyl sites for hydroxylation is 1. The molecule has 0 aliphatic carbocycles. The van der Waals surface area contributed by atoms with Gasteiger partial charge >= 0.3 is 5.97 Å². The Morgan fingerprint density at radius 1 is 1.41 bits per heavy atom. The molecule has 1 heterocycles. The van der Waals surface area contributed by atoms with Gasteiger partial charge in [-0.25, -0.2) is 9.18 Å². The van der Waals surface area contributed by atoms with E-state index in [1.54, 1.807) is 13.0 Å². The molecule has 4 nitrogen and oxygen atoms in total. The maximum Gasteiger partial charge on any atom is 0.340 e. The lowest BCUT2D eigenvalue weighted by atomic mass is 10.1. The minimum atomic E-state index is -0.543. The Bertz CT molecular complexity index is 709. The van der Waals surface area contributed by atoms with Crippen LogP contribution in [0.3, 0.4) is 0 Å². The molecule has 2 rings (SSSR count). The first kappa shape index (κ1) is 16.5. The summed E-state index contributed by atoms with van der Waals surface area (Å²) in [6.07, 6.45) is -0.219. The van der Waals surface area contributed by atoms with Gasteiger partial charge in [0.2, 0.25) is 5.91 Å². The summed E-state index contributed by atoms with van der Waals surface area (Å²) in [5, 5.41) is 3.17. The molecule has 116 valence electrons. The number of thiophene rings is 1. The van der Waals surface area contributed by atoms with E-state index in [1.165, 1.54) is 36.6 Å². The van der Waals surface area contributed by atoms with Gasteiger partial charge in [0.25, 0.3) is 0 Å². The Morgan fingerprint density at radius 2 is 2.14 bits per heavy atom. The van der Waals surface area contributed by atoms with Gasteiger partial charge in [0.15, 0.2) is 0 Å². The van der Waals surface area contributed by atoms with Crippen molar-refractivity contribution >= 4 is 39.8 Å². The Kier molecular flexibility index (Phi) is 5.15. The van der Waals surface area contributed by atoms with E-state index in [1.807, 2.05) is 0 Å². The summed E-state index contributed by atoms with van der Waals surface area (Å²) in [4.78, 5) is 24.6. The molecule has 7 heteroatoms. The molecule has 2 aromatic rings. The first-order valence-corrected chi connectivity index (χ1v) is 7.53. The average molecular weight is 342 g/mol. The van der Waals surface area contributed by atoms with Crippen molar-refractivity contribution < 1.29 is 18.7 Å². The van der Waals surface area contributed by atoms with Gasteiger partial charge in [-0.05, 0) is 25.1 Å². The molecule has 0 aliphatic heterocycles. The fraction of sp³-hybridized carbons (Fsp3) is 0.200. The molecule has 0 bridgehead atoms. The van der Waals surface area contributed by atoms with Crippen LogP contribution in [0, 0.1) is 12.7 Å². The van der Waals surface area contributed by atoms with Crippen LogP contribution in [0.25, 0.3) is 0 Å². The quantitative estimate of drug-likeness (QED) is 0.860. The first-order chi connectivity index (χ1) is 10.4. The maximum atomic E-state index is 13.7. The zero-order valence-electron chi connectivity index (χ0n) is 11.9. The predicted octanol–water partition coefficient (Wildman–Crippen LogP) is 3.82. The van der Waals surface area contributed by atoms with E-state index >= 15 is 0 Å². The molecule has 0 atom stereocenters. The van der Waals surface area contributed by atoms with Gasteiger partial charge in [-0.1, -0.05) is 17.7 Å². The number of benzene rings is 1. The molecule has 1 aromatic carbocycles. The third kappa shape index (κ3) is 3.64. The molecule has 0 aliphatic rings. The predicted molar refractivity (Wildman–Crippen MR) is 84.1 cm³/mol. The van der Waals surface area contributed by atoms with Crippen molar-refractivity contribution in [2.45, 2.75) is 13.3 Å². The van der Waals surface area contributed by atoms with Gasteiger partial charge in [0.05, 0.1) is 19.1 Å². The Labute approximate surface area is 135 Å². The number of hydrogen-bond acceptors (Lipinski definition) is 4. The number of hydrogen-bond donors (Lipinski definition) is 1. The van der Waals surface area contributed by atoms with Crippen LogP contribution in [0.15, 0.2) is 24.3 Å². The number of nitrogens with one attached hydrogen (secondary N) is 1. The van der Waals surface area contributed by atoms with E-state index < -0.39 is 17.7 Å². The summed E-state index contributed by atoms with van der Waals surface area (Å²) in [5.41, 5.74) is 0.396. The van der Waals surface area contributed by atoms with E-state index in [-0.39, 0.29) is 22.6 Å². The van der Waals surface area contributed by atoms with Gasteiger partial charge in [0.1, 0.15) is 10.8 Å². The maximum absolute atomic E-state index is 13.7. The minimum Gasteiger partial charge on any atom is -0.465 e. The summed E-state index contributed by atoms with van der Waals surface area (Å²) >= 11 is 7.14. The Balaban J connectivity index is 2.18. The van der Waals surface area contributed by atoms with Crippen LogP contribution in [0.1, 0.15) is 20.8 Å². The van der Waals surface area contributed by atoms with Gasteiger partial charge in [0, 0.05) is 15.5 Å². The van der Waals surface area contributed by atoms with Crippen LogP contribution in [-0.4, -0.2) is 19.0 Å². The summed E-state index contributed by atoms with van der Waals surface area (Å²) in [6, 6.07) is 5.85. The molecular formula is C15H13ClFNO3S. The normalized spacial score (nSPS) is 10.4. The summed E-state index contributed by atoms with van der Waals surface area (Å²) < 4.78 is 18.3. The number of carbonyl (C=O) groups is 2. The van der Waals surface area contributed by atoms with E-state index in [0.717, 1.165) is 4.88 Å². The molecule has 1 N–H and O–H groups in total. The molecule has 1 aromatic heterocycles. The second-order valence-electron chi connectivity index (χ2n) is 4.52. The van der Waals surface area contributed by atoms with E-state index in [4.69, 9.17) is 11.6 Å². The molecule has 0 spiro atoms. The summed E-state index contributed by atoms with van der Waals surface area (Å²) in [5.74, 6) is -1.54. The van der Waals surface area contributed by atoms with Crippen molar-refractivity contribution in [2.24, 2.45) is 0 Å². The topological polar surface area (TPSA) is 55.4 Å². The highest BCUT2D eigenvalue weighted by Crippen LogP contribution is 2.28. The number of halogens is 2. The first-order valence-electron chi connectivity index (χ1n) is 6.34. The number of esters is 1. The molecule has 0 fully saturated rings. The molecule has 0 saturated heterocycles. The van der Waals surface area contributed by atoms with E-state index in [9.17, 15) is 14.0 Å². The molecule has 22 heavy (non-hydrogen) atoms. The average Bonchev–Trinajstić information content (AvgIpc) is 2.83. The van der Waals surface area contributed by atoms with Gasteiger partial charge in [-0.15, -0.1) is 11.3 Å². The van der Waals surface area contributed by atoms with Gasteiger partial charge in [-0.3, -0.25) is 4.79 Å². The van der Waals surface area contributed by atoms with Crippen molar-refractivity contribution in [3.63, 3.8) is 0 Å². The lowest BCUT2D eigenvalue weighted by Crippen LogP contribution is -2.16. The molecule has 1 amide bonds. The van der Waals surface area contributed by atoms with Crippen molar-refractivity contribution in [1.29, 1.82) is 0 Å². The number of amides is 1. The van der Waals surface area contributed by atoms with Crippen molar-refractivity contribution in [3.8, 4) is 0 Å². The molecule has 0 saturated carbocycles. The van der Waals surface area contributed by atoms with Gasteiger partial charge in [-0.2, -0.15) is 0 Å². The third-order valence-corrected chi connectivity index (χ3v) is 4.23. The summed E-state index contributed by atoms with van der Waals surface area (Å²) in [6.45, 7) is 1.81. The van der Waals surface area contributed by atoms with Crippen LogP contribution in [0.5, 0.6) is 0 Å². The van der Waals surface area contributed by atoms with E-state index in [2.05, 4.69) is 10.1 Å². The number of anilines is 1. The third-order valence-electron chi connectivity index (χ3n) is 2.91. The minimum absolute atomic E-state index is 0.120. The van der Waals surface area contributed by atoms with Crippen molar-refractivity contribution in [2.75, 3.05) is 12.4 Å². The van der Waals surface area contributed by atoms with E-state index in [0.29, 0.717) is 5.00 Å². The van der Waals surface area contributed by atoms with Gasteiger partial charge < -0.3 is 10.1 Å². The zero-order chi connectivity index (χ0) is 16.3. The SMILES string of the molecule is COC(=O)c1cc(C)sc1NC(=O)Cc1c(F)cccc1Cl. The van der Waals surface area contributed by atoms with Crippen LogP contribution >= 0.6 is 22.9 Å². The van der Waals surface area contributed by atoms with Crippen molar-refractivity contribution in [1.82, 2.24) is 0 Å². The standard InChI is InChI=1S/C15H13ClFNO3S/c1-8-6-10(15(20)21-2)14(22-8)18-13(19)7-9-11(16)4-3-5-12(9)17/h3-6H,7H2,1-2H3,(H,18,19). The molecular weight excluding hydrogens is 329 g/mol. The lowest BCUT2D eigenvalue weighted by molar-refractivity contribution is -0.115. The highest BCUT2D eigenvalue weighted by atomic mass is 35.5. The summed E-state index contributed by atoms with van der Waals surface area (Å²) in [7, 11) is 1.26. The fourth-order valence-corrected chi connectivity index (χ4v) is 3.05. The number of methoxy groups -OCH3 is 1. The molecule has 0 radical (unpaired) electrons. The monoisotopic (exact) mass is 341 g/mol. The zero-order valence-corrected chi connectivity index (χ0v) is 13.5. The van der Waals surface area contributed by atoms with Crippen LogP contribution in [-0.2, 0) is 16.0 Å². The van der Waals surface area contributed by atoms with Crippen LogP contribution in [0.2, 0.25) is 5.02 Å². The fourth-order valence-electron chi connectivity index (χ4n) is 1.90. The Hall–Kier alpha value is -1.92. The number of carbonyl (C=O) groups excluding carboxylic acids is 2. The highest BCUT2D eigenvalue weighted by molar-refractivity contribution is 7.16. The number of rotatable bonds is 4. The van der Waals surface area contributed by atoms with Crippen LogP contribution in [0.4, 0.5) is 9.39 Å². The number of ether oxygens (including phenoxy) is 1.